The third kappa shape index (κ3) is 2.33. The minimum atomic E-state index is 0.0963. The van der Waals surface area contributed by atoms with Crippen LogP contribution in [0.1, 0.15) is 0 Å². The maximum atomic E-state index is 12.1. The van der Waals surface area contributed by atoms with E-state index >= 15 is 0 Å². The first-order valence-electron chi connectivity index (χ1n) is 5.00. The quantitative estimate of drug-likeness (QED) is 0.868. The SMILES string of the molecule is CSCCn1ccc2cc(Br)ccc2c1=O. The zero-order valence-corrected chi connectivity index (χ0v) is 11.3. The van der Waals surface area contributed by atoms with Crippen molar-refractivity contribution in [3.63, 3.8) is 0 Å². The molecule has 84 valence electrons. The number of aryl methyl sites for hydroxylation is 1. The van der Waals surface area contributed by atoms with Gasteiger partial charge in [0.1, 0.15) is 0 Å². The summed E-state index contributed by atoms with van der Waals surface area (Å²) in [7, 11) is 0. The number of benzene rings is 1. The third-order valence-electron chi connectivity index (χ3n) is 2.48. The molecule has 0 N–H and O–H groups in total. The highest BCUT2D eigenvalue weighted by molar-refractivity contribution is 9.10. The van der Waals surface area contributed by atoms with Crippen LogP contribution in [0, 0.1) is 0 Å². The topological polar surface area (TPSA) is 22.0 Å². The highest BCUT2D eigenvalue weighted by Crippen LogP contribution is 2.16. The minimum absolute atomic E-state index is 0.0963. The van der Waals surface area contributed by atoms with Crippen LogP contribution < -0.4 is 5.56 Å². The summed E-state index contributed by atoms with van der Waals surface area (Å²) in [6.45, 7) is 0.770. The smallest absolute Gasteiger partial charge is 0.258 e. The zero-order valence-electron chi connectivity index (χ0n) is 8.94. The average molecular weight is 298 g/mol. The van der Waals surface area contributed by atoms with Crippen molar-refractivity contribution < 1.29 is 0 Å². The molecule has 0 unspecified atom stereocenters. The molecule has 0 fully saturated rings. The van der Waals surface area contributed by atoms with Gasteiger partial charge in [-0.3, -0.25) is 4.79 Å². The van der Waals surface area contributed by atoms with Crippen LogP contribution in [-0.2, 0) is 6.54 Å². The molecular weight excluding hydrogens is 286 g/mol. The van der Waals surface area contributed by atoms with E-state index in [1.165, 1.54) is 0 Å². The molecule has 16 heavy (non-hydrogen) atoms. The Morgan fingerprint density at radius 2 is 2.19 bits per heavy atom. The Morgan fingerprint density at radius 3 is 2.94 bits per heavy atom. The number of hydrogen-bond donors (Lipinski definition) is 0. The Morgan fingerprint density at radius 1 is 1.38 bits per heavy atom. The van der Waals surface area contributed by atoms with Gasteiger partial charge in [-0.25, -0.2) is 0 Å². The van der Waals surface area contributed by atoms with Crippen LogP contribution in [0.25, 0.3) is 10.8 Å². The number of thioether (sulfide) groups is 1. The molecule has 2 aromatic rings. The van der Waals surface area contributed by atoms with Crippen LogP contribution >= 0.6 is 27.7 Å². The molecule has 2 rings (SSSR count). The molecular formula is C12H12BrNOS. The van der Waals surface area contributed by atoms with Gasteiger partial charge >= 0.3 is 0 Å². The molecule has 1 heterocycles. The van der Waals surface area contributed by atoms with E-state index in [1.807, 2.05) is 36.7 Å². The highest BCUT2D eigenvalue weighted by atomic mass is 79.9. The Balaban J connectivity index is 2.53. The molecule has 0 radical (unpaired) electrons. The number of aromatic nitrogens is 1. The van der Waals surface area contributed by atoms with E-state index in [0.717, 1.165) is 27.5 Å². The van der Waals surface area contributed by atoms with Gasteiger partial charge in [-0.2, -0.15) is 11.8 Å². The summed E-state index contributed by atoms with van der Waals surface area (Å²) in [5, 5.41) is 1.77. The summed E-state index contributed by atoms with van der Waals surface area (Å²) in [6.07, 6.45) is 3.91. The van der Waals surface area contributed by atoms with E-state index in [-0.39, 0.29) is 5.56 Å². The molecule has 0 aliphatic heterocycles. The molecule has 0 bridgehead atoms. The van der Waals surface area contributed by atoms with Gasteiger partial charge < -0.3 is 4.57 Å². The molecule has 0 amide bonds. The molecule has 1 aromatic carbocycles. The lowest BCUT2D eigenvalue weighted by Crippen LogP contribution is -2.20. The first-order chi connectivity index (χ1) is 7.72. The van der Waals surface area contributed by atoms with E-state index < -0.39 is 0 Å². The van der Waals surface area contributed by atoms with Crippen LogP contribution in [0.2, 0.25) is 0 Å². The molecule has 0 saturated heterocycles. The van der Waals surface area contributed by atoms with Crippen molar-refractivity contribution in [1.29, 1.82) is 0 Å². The van der Waals surface area contributed by atoms with Crippen LogP contribution in [0.4, 0.5) is 0 Å². The van der Waals surface area contributed by atoms with Gasteiger partial charge in [0.15, 0.2) is 0 Å². The Kier molecular flexibility index (Phi) is 3.71. The van der Waals surface area contributed by atoms with Gasteiger partial charge in [0, 0.05) is 28.4 Å². The van der Waals surface area contributed by atoms with E-state index in [1.54, 1.807) is 16.3 Å². The predicted molar refractivity (Wildman–Crippen MR) is 74.3 cm³/mol. The number of rotatable bonds is 3. The first-order valence-corrected chi connectivity index (χ1v) is 7.18. The molecule has 1 aromatic heterocycles. The van der Waals surface area contributed by atoms with Gasteiger partial charge in [-0.05, 0) is 35.9 Å². The molecule has 0 atom stereocenters. The Bertz CT molecular complexity index is 564. The molecule has 0 saturated carbocycles. The summed E-state index contributed by atoms with van der Waals surface area (Å²) >= 11 is 5.15. The molecule has 0 aliphatic carbocycles. The molecule has 4 heteroatoms. The van der Waals surface area contributed by atoms with E-state index in [2.05, 4.69) is 15.9 Å². The molecule has 0 aliphatic rings. The number of nitrogens with zero attached hydrogens (tertiary/aromatic N) is 1. The third-order valence-corrected chi connectivity index (χ3v) is 3.56. The van der Waals surface area contributed by atoms with Crippen molar-refractivity contribution in [2.24, 2.45) is 0 Å². The van der Waals surface area contributed by atoms with E-state index in [4.69, 9.17) is 0 Å². The normalized spacial score (nSPS) is 10.9. The number of fused-ring (bicyclic) bond motifs is 1. The lowest BCUT2D eigenvalue weighted by Gasteiger charge is -2.06. The van der Waals surface area contributed by atoms with Gasteiger partial charge in [0.2, 0.25) is 0 Å². The highest BCUT2D eigenvalue weighted by Gasteiger charge is 2.02. The number of halogens is 1. The van der Waals surface area contributed by atoms with Gasteiger partial charge in [0.05, 0.1) is 0 Å². The molecule has 0 spiro atoms. The van der Waals surface area contributed by atoms with Crippen LogP contribution in [0.5, 0.6) is 0 Å². The van der Waals surface area contributed by atoms with Crippen molar-refractivity contribution >= 4 is 38.5 Å². The van der Waals surface area contributed by atoms with Crippen molar-refractivity contribution in [2.45, 2.75) is 6.54 Å². The van der Waals surface area contributed by atoms with Crippen LogP contribution in [-0.4, -0.2) is 16.6 Å². The molecule has 2 nitrogen and oxygen atoms in total. The maximum Gasteiger partial charge on any atom is 0.258 e. The van der Waals surface area contributed by atoms with Crippen molar-refractivity contribution in [3.05, 3.63) is 45.3 Å². The number of pyridine rings is 1. The first kappa shape index (κ1) is 11.7. The van der Waals surface area contributed by atoms with E-state index in [9.17, 15) is 4.79 Å². The van der Waals surface area contributed by atoms with Gasteiger partial charge in [-0.1, -0.05) is 15.9 Å². The van der Waals surface area contributed by atoms with Crippen molar-refractivity contribution in [1.82, 2.24) is 4.57 Å². The Hall–Kier alpha value is -0.740. The van der Waals surface area contributed by atoms with Crippen molar-refractivity contribution in [3.8, 4) is 0 Å². The summed E-state index contributed by atoms with van der Waals surface area (Å²) in [4.78, 5) is 12.1. The summed E-state index contributed by atoms with van der Waals surface area (Å²) in [5.41, 5.74) is 0.0963. The minimum Gasteiger partial charge on any atom is -0.314 e. The standard InChI is InChI=1S/C12H12BrNOS/c1-16-7-6-14-5-4-9-8-10(13)2-3-11(9)12(14)15/h2-5,8H,6-7H2,1H3. The number of hydrogen-bond acceptors (Lipinski definition) is 2. The lowest BCUT2D eigenvalue weighted by molar-refractivity contribution is 0.743. The van der Waals surface area contributed by atoms with Crippen molar-refractivity contribution in [2.75, 3.05) is 12.0 Å². The van der Waals surface area contributed by atoms with Gasteiger partial charge in [-0.15, -0.1) is 0 Å². The second kappa shape index (κ2) is 5.06. The van der Waals surface area contributed by atoms with Crippen LogP contribution in [0.15, 0.2) is 39.7 Å². The summed E-state index contributed by atoms with van der Waals surface area (Å²) in [5.74, 6) is 0.960. The van der Waals surface area contributed by atoms with Crippen LogP contribution in [0.3, 0.4) is 0 Å². The largest absolute Gasteiger partial charge is 0.314 e. The van der Waals surface area contributed by atoms with Gasteiger partial charge in [0.25, 0.3) is 5.56 Å². The summed E-state index contributed by atoms with van der Waals surface area (Å²) < 4.78 is 2.77. The fourth-order valence-electron chi connectivity index (χ4n) is 1.62. The fourth-order valence-corrected chi connectivity index (χ4v) is 2.38. The fraction of sp³-hybridized carbons (Fsp3) is 0.250. The predicted octanol–water partition coefficient (Wildman–Crippen LogP) is 3.13. The average Bonchev–Trinajstić information content (AvgIpc) is 2.28. The second-order valence-electron chi connectivity index (χ2n) is 3.54. The zero-order chi connectivity index (χ0) is 11.5. The monoisotopic (exact) mass is 297 g/mol. The van der Waals surface area contributed by atoms with E-state index in [0.29, 0.717) is 0 Å². The Labute approximate surface area is 107 Å². The maximum absolute atomic E-state index is 12.1. The summed E-state index contributed by atoms with van der Waals surface area (Å²) in [6, 6.07) is 7.73. The lowest BCUT2D eigenvalue weighted by atomic mass is 10.2. The second-order valence-corrected chi connectivity index (χ2v) is 5.44.